The van der Waals surface area contributed by atoms with Gasteiger partial charge in [0.1, 0.15) is 6.61 Å². The Morgan fingerprint density at radius 1 is 0.562 bits per heavy atom. The minimum Gasteiger partial charge on any atom is -0.481 e. The number of aliphatic carboxylic acids is 1. The van der Waals surface area contributed by atoms with Crippen LogP contribution in [0.5, 0.6) is 0 Å². The average Bonchev–Trinajstić information content (AvgIpc) is 2.79. The summed E-state index contributed by atoms with van der Waals surface area (Å²) in [7, 11) is 0. The summed E-state index contributed by atoms with van der Waals surface area (Å²) in [5, 5.41) is 8.59. The van der Waals surface area contributed by atoms with Crippen LogP contribution in [0, 0.1) is 0 Å². The van der Waals surface area contributed by atoms with E-state index in [-0.39, 0.29) is 5.97 Å². The van der Waals surface area contributed by atoms with Crippen molar-refractivity contribution in [3.05, 3.63) is 35.9 Å². The predicted octanol–water partition coefficient (Wildman–Crippen LogP) is 8.23. The second-order valence-electron chi connectivity index (χ2n) is 9.05. The lowest BCUT2D eigenvalue weighted by atomic mass is 10.0. The van der Waals surface area contributed by atoms with Gasteiger partial charge in [-0.05, 0) is 18.4 Å². The van der Waals surface area contributed by atoms with E-state index in [1.54, 1.807) is 0 Å². The molecule has 0 heterocycles. The number of benzene rings is 1. The highest BCUT2D eigenvalue weighted by Gasteiger charge is 2.03. The molecule has 4 heteroatoms. The third kappa shape index (κ3) is 18.9. The first-order chi connectivity index (χ1) is 15.7. The molecule has 1 aromatic carbocycles. The molecule has 32 heavy (non-hydrogen) atoms. The van der Waals surface area contributed by atoms with Gasteiger partial charge in [0.2, 0.25) is 0 Å². The summed E-state index contributed by atoms with van der Waals surface area (Å²) in [6.07, 6.45) is 21.9. The molecule has 0 aliphatic rings. The quantitative estimate of drug-likeness (QED) is 0.144. The monoisotopic (exact) mass is 446 g/mol. The van der Waals surface area contributed by atoms with Gasteiger partial charge in [-0.15, -0.1) is 0 Å². The first-order valence-electron chi connectivity index (χ1n) is 13.1. The number of carbonyl (C=O) groups excluding carboxylic acids is 1. The van der Waals surface area contributed by atoms with Crippen LogP contribution in [0.1, 0.15) is 128 Å². The third-order valence-corrected chi connectivity index (χ3v) is 6.01. The minimum absolute atomic E-state index is 0.0791. The summed E-state index contributed by atoms with van der Waals surface area (Å²) in [5.41, 5.74) is 1.04. The molecule has 0 fully saturated rings. The van der Waals surface area contributed by atoms with E-state index in [4.69, 9.17) is 9.84 Å². The number of esters is 1. The van der Waals surface area contributed by atoms with E-state index in [0.29, 0.717) is 19.4 Å². The predicted molar refractivity (Wildman–Crippen MR) is 132 cm³/mol. The lowest BCUT2D eigenvalue weighted by molar-refractivity contribution is -0.145. The fourth-order valence-corrected chi connectivity index (χ4v) is 4.01. The molecule has 1 N–H and O–H groups in total. The molecule has 0 aliphatic carbocycles. The van der Waals surface area contributed by atoms with E-state index in [2.05, 4.69) is 0 Å². The Balaban J connectivity index is 1.72. The second-order valence-corrected chi connectivity index (χ2v) is 9.05. The first kappa shape index (κ1) is 28.2. The standard InChI is InChI=1S/C28H46O4/c29-27(30)23-19-14-12-10-8-6-4-2-1-3-5-7-9-11-13-15-20-24-28(31)32-25-26-21-17-16-18-22-26/h16-18,21-22H,1-15,19-20,23-25H2,(H,29,30). The highest BCUT2D eigenvalue weighted by Crippen LogP contribution is 2.15. The first-order valence-corrected chi connectivity index (χ1v) is 13.1. The maximum Gasteiger partial charge on any atom is 0.306 e. The molecule has 1 rings (SSSR count). The van der Waals surface area contributed by atoms with Gasteiger partial charge in [0.15, 0.2) is 0 Å². The summed E-state index contributed by atoms with van der Waals surface area (Å²) >= 11 is 0. The highest BCUT2D eigenvalue weighted by atomic mass is 16.5. The number of carboxylic acids is 1. The maximum absolute atomic E-state index is 11.8. The van der Waals surface area contributed by atoms with Crippen LogP contribution in [0.4, 0.5) is 0 Å². The average molecular weight is 447 g/mol. The number of carboxylic acid groups (broad SMARTS) is 1. The van der Waals surface area contributed by atoms with Gasteiger partial charge in [-0.3, -0.25) is 9.59 Å². The van der Waals surface area contributed by atoms with Gasteiger partial charge in [-0.1, -0.05) is 127 Å². The van der Waals surface area contributed by atoms with Gasteiger partial charge >= 0.3 is 11.9 Å². The van der Waals surface area contributed by atoms with E-state index in [9.17, 15) is 9.59 Å². The SMILES string of the molecule is O=C(O)CCCCCCCCCCCCCCCCCCCC(=O)OCc1ccccc1. The van der Waals surface area contributed by atoms with Gasteiger partial charge in [-0.25, -0.2) is 0 Å². The number of hydrogen-bond donors (Lipinski definition) is 1. The van der Waals surface area contributed by atoms with Gasteiger partial charge in [-0.2, -0.15) is 0 Å². The Bertz CT molecular complexity index is 570. The fraction of sp³-hybridized carbons (Fsp3) is 0.714. The number of carbonyl (C=O) groups is 2. The van der Waals surface area contributed by atoms with Crippen LogP contribution in [0.3, 0.4) is 0 Å². The normalized spacial score (nSPS) is 10.9. The van der Waals surface area contributed by atoms with Crippen LogP contribution < -0.4 is 0 Å². The second kappa shape index (κ2) is 21.0. The summed E-state index contributed by atoms with van der Waals surface area (Å²) in [6, 6.07) is 9.84. The van der Waals surface area contributed by atoms with Crippen LogP contribution in [-0.4, -0.2) is 17.0 Å². The summed E-state index contributed by atoms with van der Waals surface area (Å²) in [5.74, 6) is -0.747. The molecule has 4 nitrogen and oxygen atoms in total. The van der Waals surface area contributed by atoms with E-state index in [1.807, 2.05) is 30.3 Å². The van der Waals surface area contributed by atoms with Crippen molar-refractivity contribution in [1.29, 1.82) is 0 Å². The van der Waals surface area contributed by atoms with Crippen molar-refractivity contribution in [3.8, 4) is 0 Å². The van der Waals surface area contributed by atoms with Crippen LogP contribution >= 0.6 is 0 Å². The molecule has 0 aromatic heterocycles. The molecule has 0 spiro atoms. The van der Waals surface area contributed by atoms with Crippen molar-refractivity contribution >= 4 is 11.9 Å². The molecule has 0 atom stereocenters. The zero-order valence-electron chi connectivity index (χ0n) is 20.2. The highest BCUT2D eigenvalue weighted by molar-refractivity contribution is 5.69. The molecule has 0 saturated carbocycles. The van der Waals surface area contributed by atoms with Crippen molar-refractivity contribution in [2.24, 2.45) is 0 Å². The van der Waals surface area contributed by atoms with Gasteiger partial charge in [0.25, 0.3) is 0 Å². The molecule has 0 amide bonds. The molecular weight excluding hydrogens is 400 g/mol. The molecule has 0 bridgehead atoms. The largest absolute Gasteiger partial charge is 0.481 e. The molecular formula is C28H46O4. The topological polar surface area (TPSA) is 63.6 Å². The summed E-state index contributed by atoms with van der Waals surface area (Å²) in [6.45, 7) is 0.385. The Hall–Kier alpha value is -1.84. The zero-order valence-corrected chi connectivity index (χ0v) is 20.2. The van der Waals surface area contributed by atoms with Crippen LogP contribution in [0.25, 0.3) is 0 Å². The van der Waals surface area contributed by atoms with Crippen molar-refractivity contribution < 1.29 is 19.4 Å². The molecule has 1 aromatic rings. The maximum atomic E-state index is 11.8. The van der Waals surface area contributed by atoms with Crippen molar-refractivity contribution in [2.45, 2.75) is 129 Å². The van der Waals surface area contributed by atoms with E-state index >= 15 is 0 Å². The zero-order chi connectivity index (χ0) is 23.1. The minimum atomic E-state index is -0.668. The molecule has 0 radical (unpaired) electrons. The van der Waals surface area contributed by atoms with Crippen LogP contribution in [0.2, 0.25) is 0 Å². The summed E-state index contributed by atoms with van der Waals surface area (Å²) < 4.78 is 5.31. The molecule has 182 valence electrons. The fourth-order valence-electron chi connectivity index (χ4n) is 4.01. The Labute approximate surface area is 196 Å². The van der Waals surface area contributed by atoms with Crippen LogP contribution in [-0.2, 0) is 20.9 Å². The van der Waals surface area contributed by atoms with Crippen molar-refractivity contribution in [1.82, 2.24) is 0 Å². The van der Waals surface area contributed by atoms with Gasteiger partial charge < -0.3 is 9.84 Å². The van der Waals surface area contributed by atoms with Crippen LogP contribution in [0.15, 0.2) is 30.3 Å². The Morgan fingerprint density at radius 2 is 0.938 bits per heavy atom. The Morgan fingerprint density at radius 3 is 1.34 bits per heavy atom. The number of ether oxygens (including phenoxy) is 1. The lowest BCUT2D eigenvalue weighted by Crippen LogP contribution is -2.04. The smallest absolute Gasteiger partial charge is 0.306 e. The van der Waals surface area contributed by atoms with E-state index < -0.39 is 5.97 Å². The number of unbranched alkanes of at least 4 members (excludes halogenated alkanes) is 16. The van der Waals surface area contributed by atoms with Gasteiger partial charge in [0.05, 0.1) is 0 Å². The Kier molecular flexibility index (Phi) is 18.5. The van der Waals surface area contributed by atoms with Crippen molar-refractivity contribution in [2.75, 3.05) is 0 Å². The molecule has 0 unspecified atom stereocenters. The van der Waals surface area contributed by atoms with E-state index in [1.165, 1.54) is 83.5 Å². The molecule has 0 aliphatic heterocycles. The van der Waals surface area contributed by atoms with Gasteiger partial charge in [0, 0.05) is 12.8 Å². The van der Waals surface area contributed by atoms with E-state index in [0.717, 1.165) is 31.2 Å². The number of rotatable bonds is 22. The lowest BCUT2D eigenvalue weighted by Gasteiger charge is -2.05. The molecule has 0 saturated heterocycles. The van der Waals surface area contributed by atoms with Crippen molar-refractivity contribution in [3.63, 3.8) is 0 Å². The summed E-state index contributed by atoms with van der Waals surface area (Å²) in [4.78, 5) is 22.2. The third-order valence-electron chi connectivity index (χ3n) is 6.01. The number of hydrogen-bond acceptors (Lipinski definition) is 3.